The zero-order valence-corrected chi connectivity index (χ0v) is 25.6. The molecular formula is C28H28N4O4S4. The third kappa shape index (κ3) is 6.14. The second kappa shape index (κ2) is 12.6. The predicted octanol–water partition coefficient (Wildman–Crippen LogP) is 5.38. The molecule has 208 valence electrons. The molecule has 4 amide bonds. The highest BCUT2D eigenvalue weighted by atomic mass is 32.2. The molecule has 2 aromatic rings. The van der Waals surface area contributed by atoms with Gasteiger partial charge >= 0.3 is 0 Å². The van der Waals surface area contributed by atoms with Crippen LogP contribution in [0.4, 0.5) is 11.4 Å². The van der Waals surface area contributed by atoms with Gasteiger partial charge in [-0.2, -0.15) is 0 Å². The van der Waals surface area contributed by atoms with Crippen LogP contribution in [0.2, 0.25) is 0 Å². The lowest BCUT2D eigenvalue weighted by atomic mass is 10.1. The van der Waals surface area contributed by atoms with Crippen molar-refractivity contribution in [3.05, 3.63) is 69.5 Å². The third-order valence-corrected chi connectivity index (χ3v) is 9.33. The smallest absolute Gasteiger partial charge is 0.272 e. The van der Waals surface area contributed by atoms with Crippen LogP contribution in [0.1, 0.15) is 61.3 Å². The lowest BCUT2D eigenvalue weighted by Gasteiger charge is -2.17. The number of benzene rings is 2. The van der Waals surface area contributed by atoms with E-state index in [-0.39, 0.29) is 42.3 Å². The SMILES string of the molecule is CC[C@@H](C)NC(=O)c1cccc(N2C(=O)/C(=C3\SC(=S)N(c4cccc(C(=O)N[C@@H](C)CC)c4)C3=O)SC2=S)c1. The summed E-state index contributed by atoms with van der Waals surface area (Å²) >= 11 is 13.1. The Morgan fingerprint density at radius 2 is 1.12 bits per heavy atom. The fourth-order valence-corrected chi connectivity index (χ4v) is 6.60. The Morgan fingerprint density at radius 3 is 1.48 bits per heavy atom. The number of hydrogen-bond acceptors (Lipinski definition) is 8. The Balaban J connectivity index is 1.60. The molecule has 2 aliphatic heterocycles. The molecule has 2 saturated heterocycles. The van der Waals surface area contributed by atoms with Crippen LogP contribution in [0.5, 0.6) is 0 Å². The van der Waals surface area contributed by atoms with Gasteiger partial charge in [-0.1, -0.05) is 73.9 Å². The zero-order valence-electron chi connectivity index (χ0n) is 22.3. The fraction of sp³-hybridized carbons (Fsp3) is 0.286. The van der Waals surface area contributed by atoms with Crippen LogP contribution < -0.4 is 20.4 Å². The quantitative estimate of drug-likeness (QED) is 0.303. The standard InChI is InChI=1S/C28H28N4O4S4/c1-5-15(3)29-23(33)17-9-7-11-19(13-17)31-25(35)21(39-27(31)37)22-26(36)32(28(38)40-22)20-12-8-10-18(14-20)24(34)30-16(4)6-2/h7-16H,5-6H2,1-4H3,(H,29,33)(H,30,34)/b22-21+/t15-,16+. The van der Waals surface area contributed by atoms with Crippen LogP contribution in [-0.4, -0.2) is 44.4 Å². The number of thiocarbonyl (C=S) groups is 2. The van der Waals surface area contributed by atoms with E-state index < -0.39 is 11.8 Å². The van der Waals surface area contributed by atoms with Crippen molar-refractivity contribution in [3.8, 4) is 0 Å². The number of amides is 4. The van der Waals surface area contributed by atoms with E-state index in [9.17, 15) is 19.2 Å². The number of nitrogens with one attached hydrogen (secondary N) is 2. The van der Waals surface area contributed by atoms with Gasteiger partial charge in [-0.3, -0.25) is 29.0 Å². The number of hydrogen-bond donors (Lipinski definition) is 2. The Bertz CT molecular complexity index is 1350. The molecule has 2 N–H and O–H groups in total. The highest BCUT2D eigenvalue weighted by Gasteiger charge is 2.43. The second-order valence-corrected chi connectivity index (χ2v) is 12.6. The van der Waals surface area contributed by atoms with Crippen molar-refractivity contribution >= 4 is 91.6 Å². The highest BCUT2D eigenvalue weighted by Crippen LogP contribution is 2.44. The topological polar surface area (TPSA) is 98.8 Å². The van der Waals surface area contributed by atoms with E-state index in [1.54, 1.807) is 48.5 Å². The number of nitrogens with zero attached hydrogens (tertiary/aromatic N) is 2. The molecule has 2 fully saturated rings. The maximum absolute atomic E-state index is 13.6. The van der Waals surface area contributed by atoms with Gasteiger partial charge in [0.05, 0.1) is 21.2 Å². The normalized spacial score (nSPS) is 18.8. The van der Waals surface area contributed by atoms with Crippen molar-refractivity contribution in [2.45, 2.75) is 52.6 Å². The molecule has 0 aromatic heterocycles. The van der Waals surface area contributed by atoms with Gasteiger partial charge in [-0.05, 0) is 63.1 Å². The van der Waals surface area contributed by atoms with Crippen LogP contribution in [0, 0.1) is 0 Å². The first kappa shape index (κ1) is 29.9. The monoisotopic (exact) mass is 612 g/mol. The molecule has 12 heteroatoms. The van der Waals surface area contributed by atoms with Gasteiger partial charge in [0.15, 0.2) is 8.64 Å². The third-order valence-electron chi connectivity index (χ3n) is 6.46. The van der Waals surface area contributed by atoms with E-state index in [0.717, 1.165) is 36.4 Å². The average molecular weight is 613 g/mol. The number of rotatable bonds is 8. The summed E-state index contributed by atoms with van der Waals surface area (Å²) in [5.74, 6) is -1.42. The molecule has 0 spiro atoms. The van der Waals surface area contributed by atoms with Crippen molar-refractivity contribution in [2.75, 3.05) is 9.80 Å². The maximum Gasteiger partial charge on any atom is 0.272 e. The van der Waals surface area contributed by atoms with E-state index in [2.05, 4.69) is 10.6 Å². The minimum atomic E-state index is -0.461. The molecule has 0 saturated carbocycles. The van der Waals surface area contributed by atoms with E-state index in [1.165, 1.54) is 9.80 Å². The summed E-state index contributed by atoms with van der Waals surface area (Å²) in [4.78, 5) is 55.4. The molecule has 2 atom stereocenters. The second-order valence-electron chi connectivity index (χ2n) is 9.34. The number of thioether (sulfide) groups is 2. The highest BCUT2D eigenvalue weighted by molar-refractivity contribution is 8.30. The van der Waals surface area contributed by atoms with Crippen molar-refractivity contribution in [1.82, 2.24) is 10.6 Å². The largest absolute Gasteiger partial charge is 0.350 e. The van der Waals surface area contributed by atoms with Crippen LogP contribution in [0.25, 0.3) is 0 Å². The summed E-state index contributed by atoms with van der Waals surface area (Å²) in [6, 6.07) is 13.3. The molecule has 0 radical (unpaired) electrons. The lowest BCUT2D eigenvalue weighted by molar-refractivity contribution is -0.115. The summed E-state index contributed by atoms with van der Waals surface area (Å²) in [6.45, 7) is 7.78. The fourth-order valence-electron chi connectivity index (χ4n) is 3.85. The molecular weight excluding hydrogens is 585 g/mol. The van der Waals surface area contributed by atoms with Crippen LogP contribution in [-0.2, 0) is 9.59 Å². The Kier molecular flexibility index (Phi) is 9.44. The molecule has 8 nitrogen and oxygen atoms in total. The van der Waals surface area contributed by atoms with Gasteiger partial charge in [-0.25, -0.2) is 0 Å². The maximum atomic E-state index is 13.6. The van der Waals surface area contributed by atoms with Crippen LogP contribution in [0.15, 0.2) is 58.3 Å². The summed E-state index contributed by atoms with van der Waals surface area (Å²) in [5, 5.41) is 5.82. The first-order chi connectivity index (χ1) is 19.0. The number of carbonyl (C=O) groups is 4. The first-order valence-corrected chi connectivity index (χ1v) is 15.2. The minimum Gasteiger partial charge on any atom is -0.350 e. The van der Waals surface area contributed by atoms with Gasteiger partial charge in [0, 0.05) is 23.2 Å². The number of carbonyl (C=O) groups excluding carboxylic acids is 4. The van der Waals surface area contributed by atoms with Gasteiger partial charge in [0.1, 0.15) is 0 Å². The van der Waals surface area contributed by atoms with Gasteiger partial charge in [0.2, 0.25) is 0 Å². The Labute approximate surface area is 252 Å². The van der Waals surface area contributed by atoms with Crippen LogP contribution >= 0.6 is 48.0 Å². The van der Waals surface area contributed by atoms with E-state index in [4.69, 9.17) is 24.4 Å². The average Bonchev–Trinajstić information content (AvgIpc) is 3.41. The molecule has 0 unspecified atom stereocenters. The van der Waals surface area contributed by atoms with Crippen molar-refractivity contribution in [3.63, 3.8) is 0 Å². The molecule has 2 aromatic carbocycles. The van der Waals surface area contributed by atoms with E-state index >= 15 is 0 Å². The molecule has 0 bridgehead atoms. The Hall–Kier alpha value is -3.06. The molecule has 4 rings (SSSR count). The first-order valence-electron chi connectivity index (χ1n) is 12.7. The van der Waals surface area contributed by atoms with Gasteiger partial charge < -0.3 is 10.6 Å². The van der Waals surface area contributed by atoms with Crippen LogP contribution in [0.3, 0.4) is 0 Å². The summed E-state index contributed by atoms with van der Waals surface area (Å²) < 4.78 is 0.488. The molecule has 40 heavy (non-hydrogen) atoms. The van der Waals surface area contributed by atoms with Crippen molar-refractivity contribution in [1.29, 1.82) is 0 Å². The predicted molar refractivity (Wildman–Crippen MR) is 170 cm³/mol. The minimum absolute atomic E-state index is 0.00436. The summed E-state index contributed by atoms with van der Waals surface area (Å²) in [5.41, 5.74) is 1.67. The zero-order chi connectivity index (χ0) is 29.1. The lowest BCUT2D eigenvalue weighted by Crippen LogP contribution is -2.33. The summed E-state index contributed by atoms with van der Waals surface area (Å²) in [6.07, 6.45) is 1.57. The Morgan fingerprint density at radius 1 is 0.750 bits per heavy atom. The van der Waals surface area contributed by atoms with E-state index in [1.807, 2.05) is 27.7 Å². The van der Waals surface area contributed by atoms with E-state index in [0.29, 0.717) is 22.5 Å². The molecule has 2 aliphatic rings. The van der Waals surface area contributed by atoms with Gasteiger partial charge in [0.25, 0.3) is 23.6 Å². The van der Waals surface area contributed by atoms with Gasteiger partial charge in [-0.15, -0.1) is 0 Å². The number of anilines is 2. The van der Waals surface area contributed by atoms with Crippen molar-refractivity contribution < 1.29 is 19.2 Å². The summed E-state index contributed by atoms with van der Waals surface area (Å²) in [7, 11) is 0. The van der Waals surface area contributed by atoms with Crippen molar-refractivity contribution in [2.24, 2.45) is 0 Å². The molecule has 0 aliphatic carbocycles. The molecule has 2 heterocycles.